The number of imide groups is 1. The number of benzene rings is 1. The van der Waals surface area contributed by atoms with Crippen LogP contribution in [0.2, 0.25) is 13.3 Å². The average molecular weight is 644 g/mol. The van der Waals surface area contributed by atoms with Crippen LogP contribution >= 0.6 is 0 Å². The van der Waals surface area contributed by atoms with E-state index in [-0.39, 0.29) is 30.1 Å². The van der Waals surface area contributed by atoms with Crippen molar-refractivity contribution in [3.8, 4) is 0 Å². The summed E-state index contributed by atoms with van der Waals surface area (Å²) in [5, 5.41) is 0. The maximum absolute atomic E-state index is 12.9. The number of allylic oxidation sites excluding steroid dienone is 1. The van der Waals surface area contributed by atoms with Gasteiger partial charge in [0.2, 0.25) is 0 Å². The molecule has 0 radical (unpaired) electrons. The Morgan fingerprint density at radius 3 is 1.69 bits per heavy atom. The Bertz CT molecular complexity index is 948. The summed E-state index contributed by atoms with van der Waals surface area (Å²) in [6, 6.07) is 7.18. The van der Waals surface area contributed by atoms with Crippen molar-refractivity contribution in [2.75, 3.05) is 6.54 Å². The second-order valence-corrected chi connectivity index (χ2v) is 26.1. The molecule has 2 aliphatic rings. The zero-order chi connectivity index (χ0) is 28.7. The van der Waals surface area contributed by atoms with Gasteiger partial charge in [0.15, 0.2) is 0 Å². The van der Waals surface area contributed by atoms with Crippen LogP contribution in [0.1, 0.15) is 127 Å². The first-order chi connectivity index (χ1) is 18.5. The summed E-state index contributed by atoms with van der Waals surface area (Å²) < 4.78 is 18.8. The monoisotopic (exact) mass is 645 g/mol. The fraction of sp³-hybridized carbons (Fsp3) is 0.688. The zero-order valence-electron chi connectivity index (χ0n) is 25.7. The van der Waals surface area contributed by atoms with E-state index in [9.17, 15) is 9.59 Å². The summed E-state index contributed by atoms with van der Waals surface area (Å²) in [6.07, 6.45) is 10.4. The van der Waals surface area contributed by atoms with Crippen LogP contribution in [0, 0.1) is 0 Å². The van der Waals surface area contributed by atoms with Crippen LogP contribution in [0.25, 0.3) is 0 Å². The van der Waals surface area contributed by atoms with Crippen molar-refractivity contribution in [1.29, 1.82) is 0 Å². The topological polar surface area (TPSA) is 55.8 Å². The molecule has 5 nitrogen and oxygen atoms in total. The first kappa shape index (κ1) is 32.4. The predicted octanol–water partition coefficient (Wildman–Crippen LogP) is 8.40. The molecule has 0 N–H and O–H groups in total. The van der Waals surface area contributed by atoms with Gasteiger partial charge in [0.05, 0.1) is 0 Å². The first-order valence-corrected chi connectivity index (χ1v) is 23.0. The van der Waals surface area contributed by atoms with Crippen molar-refractivity contribution in [3.63, 3.8) is 0 Å². The Morgan fingerprint density at radius 1 is 0.795 bits per heavy atom. The van der Waals surface area contributed by atoms with Gasteiger partial charge in [-0.3, -0.25) is 0 Å². The Balaban J connectivity index is 1.82. The second kappa shape index (κ2) is 14.2. The van der Waals surface area contributed by atoms with E-state index in [0.29, 0.717) is 17.7 Å². The van der Waals surface area contributed by atoms with Crippen LogP contribution in [-0.2, 0) is 9.31 Å². The third-order valence-corrected chi connectivity index (χ3v) is 25.6. The number of rotatable bonds is 16. The molecule has 2 heterocycles. The van der Waals surface area contributed by atoms with Crippen molar-refractivity contribution in [2.45, 2.75) is 131 Å². The number of carbonyl (C=O) groups excluding carboxylic acids is 2. The van der Waals surface area contributed by atoms with Gasteiger partial charge in [-0.2, -0.15) is 0 Å². The Kier molecular flexibility index (Phi) is 11.8. The van der Waals surface area contributed by atoms with Crippen molar-refractivity contribution < 1.29 is 18.9 Å². The maximum atomic E-state index is 12.9. The Morgan fingerprint density at radius 2 is 1.26 bits per heavy atom. The van der Waals surface area contributed by atoms with Crippen LogP contribution in [0.3, 0.4) is 0 Å². The van der Waals surface area contributed by atoms with Crippen molar-refractivity contribution in [1.82, 2.24) is 4.90 Å². The van der Waals surface area contributed by atoms with E-state index in [1.165, 1.54) is 56.7 Å². The SMILES string of the molecule is CCC[CH2][Sn]([CH2]CCC)([CH2]CCC)/[C](=C\B1OC(C)(C)C(C)(C)O1)CCCCN1C(=O)c2ccccc2C1=O. The number of carbonyl (C=O) groups is 2. The van der Waals surface area contributed by atoms with Crippen LogP contribution in [0.15, 0.2) is 33.8 Å². The summed E-state index contributed by atoms with van der Waals surface area (Å²) in [5.74, 6) is 2.10. The van der Waals surface area contributed by atoms with Gasteiger partial charge >= 0.3 is 243 Å². The fourth-order valence-electron chi connectivity index (χ4n) is 6.08. The van der Waals surface area contributed by atoms with E-state index in [0.717, 1.165) is 19.3 Å². The van der Waals surface area contributed by atoms with Gasteiger partial charge in [0.1, 0.15) is 0 Å². The van der Waals surface area contributed by atoms with Gasteiger partial charge in [-0.05, 0) is 0 Å². The molecule has 1 aromatic rings. The second-order valence-electron chi connectivity index (χ2n) is 12.7. The summed E-state index contributed by atoms with van der Waals surface area (Å²) >= 11 is -2.72. The molecule has 0 atom stereocenters. The van der Waals surface area contributed by atoms with Gasteiger partial charge in [0, 0.05) is 0 Å². The van der Waals surface area contributed by atoms with Crippen LogP contribution in [-0.4, -0.2) is 60.0 Å². The normalized spacial score (nSPS) is 18.8. The number of unbranched alkanes of at least 4 members (excludes halogenated alkanes) is 4. The first-order valence-electron chi connectivity index (χ1n) is 15.5. The number of hydrogen-bond donors (Lipinski definition) is 0. The van der Waals surface area contributed by atoms with Gasteiger partial charge in [0.25, 0.3) is 0 Å². The molecule has 1 aromatic carbocycles. The van der Waals surface area contributed by atoms with Gasteiger partial charge in [-0.15, -0.1) is 0 Å². The molecule has 0 unspecified atom stereocenters. The van der Waals surface area contributed by atoms with Crippen molar-refractivity contribution >= 4 is 37.3 Å². The Hall–Kier alpha value is -1.12. The molecule has 2 amide bonds. The standard InChI is InChI=1S/C20H25BNO4.3C4H9.Sn/c1-19(2)20(3,4)26-21(25-19)13-9-5-6-10-14-22-17(23)15-11-7-8-12-16(15)18(22)24;3*1-3-4-2;/h7-8,11-13H,5-6,10,14H2,1-4H3;3*1,3-4H2,2H3;. The van der Waals surface area contributed by atoms with Gasteiger partial charge < -0.3 is 0 Å². The molecule has 1 fully saturated rings. The van der Waals surface area contributed by atoms with Gasteiger partial charge in [-0.25, -0.2) is 0 Å². The fourth-order valence-corrected chi connectivity index (χ4v) is 23.2. The van der Waals surface area contributed by atoms with E-state index in [2.05, 4.69) is 54.4 Å². The minimum atomic E-state index is -2.72. The number of nitrogens with zero attached hydrogens (tertiary/aromatic N) is 1. The molecule has 0 aliphatic carbocycles. The van der Waals surface area contributed by atoms with E-state index >= 15 is 0 Å². The Labute approximate surface area is 242 Å². The molecule has 3 rings (SSSR count). The zero-order valence-corrected chi connectivity index (χ0v) is 28.6. The van der Waals surface area contributed by atoms with Crippen LogP contribution < -0.4 is 0 Å². The van der Waals surface area contributed by atoms with Crippen LogP contribution in [0.5, 0.6) is 0 Å². The molecule has 1 saturated heterocycles. The molecule has 0 spiro atoms. The van der Waals surface area contributed by atoms with E-state index in [1.54, 1.807) is 15.7 Å². The van der Waals surface area contributed by atoms with Crippen LogP contribution in [0.4, 0.5) is 0 Å². The van der Waals surface area contributed by atoms with E-state index in [1.807, 2.05) is 12.1 Å². The number of amides is 2. The third kappa shape index (κ3) is 7.59. The van der Waals surface area contributed by atoms with E-state index < -0.39 is 18.4 Å². The average Bonchev–Trinajstić information content (AvgIpc) is 3.27. The van der Waals surface area contributed by atoms with Crippen molar-refractivity contribution in [2.24, 2.45) is 0 Å². The predicted molar refractivity (Wildman–Crippen MR) is 165 cm³/mol. The molecule has 0 aromatic heterocycles. The summed E-state index contributed by atoms with van der Waals surface area (Å²) in [5.41, 5.74) is 0.383. The molecular weight excluding hydrogens is 592 g/mol. The molecule has 7 heteroatoms. The number of fused-ring (bicyclic) bond motifs is 1. The summed E-state index contributed by atoms with van der Waals surface area (Å²) in [4.78, 5) is 27.2. The molecule has 0 saturated carbocycles. The minimum absolute atomic E-state index is 0.147. The van der Waals surface area contributed by atoms with Crippen molar-refractivity contribution in [3.05, 3.63) is 45.0 Å². The quantitative estimate of drug-likeness (QED) is 0.103. The van der Waals surface area contributed by atoms with E-state index in [4.69, 9.17) is 9.31 Å². The third-order valence-electron chi connectivity index (χ3n) is 9.27. The molecule has 0 bridgehead atoms. The molecule has 39 heavy (non-hydrogen) atoms. The molecule has 2 aliphatic heterocycles. The summed E-state index contributed by atoms with van der Waals surface area (Å²) in [6.45, 7) is 15.9. The summed E-state index contributed by atoms with van der Waals surface area (Å²) in [7, 11) is -0.304. The molecular formula is C32H52BNO4Sn. The van der Waals surface area contributed by atoms with Gasteiger partial charge in [-0.1, -0.05) is 0 Å². The number of hydrogen-bond acceptors (Lipinski definition) is 4. The molecule has 216 valence electrons.